The monoisotopic (exact) mass is 283 g/mol. The maximum atomic E-state index is 11.7. The van der Waals surface area contributed by atoms with Crippen molar-refractivity contribution in [1.82, 2.24) is 15.1 Å². The van der Waals surface area contributed by atoms with Gasteiger partial charge >= 0.3 is 0 Å². The lowest BCUT2D eigenvalue weighted by atomic mass is 10.4. The molecule has 0 aromatic carbocycles. The van der Waals surface area contributed by atoms with Crippen LogP contribution in [0.2, 0.25) is 0 Å². The van der Waals surface area contributed by atoms with Gasteiger partial charge in [0.1, 0.15) is 5.76 Å². The molecule has 2 rings (SSSR count). The van der Waals surface area contributed by atoms with Gasteiger partial charge in [-0.1, -0.05) is 0 Å². The van der Waals surface area contributed by atoms with Crippen LogP contribution in [-0.2, 0) is 13.6 Å². The normalized spacial score (nSPS) is 10.4. The highest BCUT2D eigenvalue weighted by Crippen LogP contribution is 2.14. The van der Waals surface area contributed by atoms with Gasteiger partial charge in [-0.15, -0.1) is 0 Å². The molecule has 2 heterocycles. The third-order valence-corrected chi connectivity index (χ3v) is 2.58. The number of carbonyl (C=O) groups is 1. The van der Waals surface area contributed by atoms with Gasteiger partial charge in [0.2, 0.25) is 0 Å². The summed E-state index contributed by atoms with van der Waals surface area (Å²) in [5.41, 5.74) is 0.369. The van der Waals surface area contributed by atoms with Crippen molar-refractivity contribution in [2.45, 2.75) is 6.54 Å². The van der Waals surface area contributed by atoms with Gasteiger partial charge < -0.3 is 9.73 Å². The lowest BCUT2D eigenvalue weighted by Gasteiger charge is -2.00. The summed E-state index contributed by atoms with van der Waals surface area (Å²) in [5, 5.41) is 6.75. The summed E-state index contributed by atoms with van der Waals surface area (Å²) in [6, 6.07) is 3.58. The van der Waals surface area contributed by atoms with E-state index >= 15 is 0 Å². The predicted octanol–water partition coefficient (Wildman–Crippen LogP) is 1.71. The maximum absolute atomic E-state index is 11.7. The molecule has 0 radical (unpaired) electrons. The number of hydrogen-bond acceptors (Lipinski definition) is 3. The molecule has 16 heavy (non-hydrogen) atoms. The van der Waals surface area contributed by atoms with Gasteiger partial charge in [-0.2, -0.15) is 5.10 Å². The Hall–Kier alpha value is -1.56. The molecule has 0 saturated heterocycles. The Morgan fingerprint density at radius 1 is 1.69 bits per heavy atom. The zero-order valence-electron chi connectivity index (χ0n) is 8.61. The van der Waals surface area contributed by atoms with Crippen LogP contribution in [0.4, 0.5) is 0 Å². The smallest absolute Gasteiger partial charge is 0.273 e. The van der Waals surface area contributed by atoms with Crippen LogP contribution in [0, 0.1) is 0 Å². The van der Waals surface area contributed by atoms with Crippen molar-refractivity contribution in [3.8, 4) is 0 Å². The molecular formula is C10H10BrN3O2. The molecule has 0 aliphatic heterocycles. The Morgan fingerprint density at radius 2 is 2.50 bits per heavy atom. The summed E-state index contributed by atoms with van der Waals surface area (Å²) in [5.74, 6) is 0.476. The highest BCUT2D eigenvalue weighted by Gasteiger charge is 2.13. The Kier molecular flexibility index (Phi) is 3.09. The van der Waals surface area contributed by atoms with Crippen molar-refractivity contribution in [2.24, 2.45) is 7.05 Å². The van der Waals surface area contributed by atoms with E-state index in [1.165, 1.54) is 0 Å². The number of nitrogens with one attached hydrogen (secondary N) is 1. The third-order valence-electron chi connectivity index (χ3n) is 2.00. The van der Waals surface area contributed by atoms with Gasteiger partial charge in [0.15, 0.2) is 5.69 Å². The first-order chi connectivity index (χ1) is 7.66. The van der Waals surface area contributed by atoms with Crippen LogP contribution in [0.1, 0.15) is 16.2 Å². The van der Waals surface area contributed by atoms with Crippen LogP contribution in [0.5, 0.6) is 0 Å². The Bertz CT molecular complexity index is 490. The van der Waals surface area contributed by atoms with E-state index in [9.17, 15) is 4.79 Å². The second kappa shape index (κ2) is 4.52. The fraction of sp³-hybridized carbons (Fsp3) is 0.200. The van der Waals surface area contributed by atoms with Crippen LogP contribution in [0.15, 0.2) is 33.5 Å². The summed E-state index contributed by atoms with van der Waals surface area (Å²) >= 11 is 3.27. The minimum absolute atomic E-state index is 0.233. The number of furan rings is 1. The van der Waals surface area contributed by atoms with E-state index in [1.54, 1.807) is 36.3 Å². The maximum Gasteiger partial charge on any atom is 0.273 e. The van der Waals surface area contributed by atoms with Crippen molar-refractivity contribution in [3.05, 3.63) is 40.5 Å². The van der Waals surface area contributed by atoms with E-state index in [2.05, 4.69) is 26.3 Å². The van der Waals surface area contributed by atoms with Crippen molar-refractivity contribution >= 4 is 21.8 Å². The van der Waals surface area contributed by atoms with Crippen molar-refractivity contribution < 1.29 is 9.21 Å². The van der Waals surface area contributed by atoms with Crippen molar-refractivity contribution in [2.75, 3.05) is 0 Å². The molecule has 0 bridgehead atoms. The summed E-state index contributed by atoms with van der Waals surface area (Å²) in [4.78, 5) is 11.7. The summed E-state index contributed by atoms with van der Waals surface area (Å²) < 4.78 is 7.35. The summed E-state index contributed by atoms with van der Waals surface area (Å²) in [7, 11) is 1.76. The number of rotatable bonds is 3. The zero-order valence-corrected chi connectivity index (χ0v) is 10.2. The standard InChI is InChI=1S/C10H10BrN3O2/c1-14-6-8(11)9(13-14)10(15)12-5-7-3-2-4-16-7/h2-4,6H,5H2,1H3,(H,12,15). The second-order valence-corrected chi connectivity index (χ2v) is 4.12. The first-order valence-corrected chi connectivity index (χ1v) is 5.46. The molecule has 0 atom stereocenters. The van der Waals surface area contributed by atoms with E-state index in [0.29, 0.717) is 22.5 Å². The van der Waals surface area contributed by atoms with Crippen LogP contribution < -0.4 is 5.32 Å². The third kappa shape index (κ3) is 2.33. The van der Waals surface area contributed by atoms with E-state index in [-0.39, 0.29) is 5.91 Å². The Balaban J connectivity index is 2.01. The van der Waals surface area contributed by atoms with Crippen LogP contribution in [0.3, 0.4) is 0 Å². The molecule has 0 fully saturated rings. The molecule has 0 spiro atoms. The van der Waals surface area contributed by atoms with Gasteiger partial charge in [-0.25, -0.2) is 0 Å². The fourth-order valence-corrected chi connectivity index (χ4v) is 1.83. The molecule has 2 aromatic rings. The lowest BCUT2D eigenvalue weighted by Crippen LogP contribution is -2.23. The van der Waals surface area contributed by atoms with Crippen molar-refractivity contribution in [3.63, 3.8) is 0 Å². The van der Waals surface area contributed by atoms with Gasteiger partial charge in [-0.05, 0) is 28.1 Å². The average molecular weight is 284 g/mol. The Morgan fingerprint density at radius 3 is 3.06 bits per heavy atom. The number of hydrogen-bond donors (Lipinski definition) is 1. The number of carbonyl (C=O) groups excluding carboxylic acids is 1. The molecule has 0 aliphatic rings. The molecule has 84 valence electrons. The largest absolute Gasteiger partial charge is 0.467 e. The topological polar surface area (TPSA) is 60.1 Å². The summed E-state index contributed by atoms with van der Waals surface area (Å²) in [6.45, 7) is 0.356. The van der Waals surface area contributed by atoms with E-state index in [4.69, 9.17) is 4.42 Å². The number of halogens is 1. The quantitative estimate of drug-likeness (QED) is 0.933. The molecule has 0 saturated carbocycles. The van der Waals surface area contributed by atoms with E-state index in [1.807, 2.05) is 0 Å². The highest BCUT2D eigenvalue weighted by molar-refractivity contribution is 9.10. The van der Waals surface area contributed by atoms with Gasteiger partial charge in [-0.3, -0.25) is 9.48 Å². The number of aromatic nitrogens is 2. The van der Waals surface area contributed by atoms with E-state index < -0.39 is 0 Å². The zero-order chi connectivity index (χ0) is 11.5. The minimum atomic E-state index is -0.233. The molecule has 6 heteroatoms. The fourth-order valence-electron chi connectivity index (χ4n) is 1.28. The average Bonchev–Trinajstić information content (AvgIpc) is 2.84. The second-order valence-electron chi connectivity index (χ2n) is 3.26. The van der Waals surface area contributed by atoms with Gasteiger partial charge in [0.05, 0.1) is 17.3 Å². The molecule has 1 N–H and O–H groups in total. The molecule has 0 unspecified atom stereocenters. The molecule has 2 aromatic heterocycles. The SMILES string of the molecule is Cn1cc(Br)c(C(=O)NCc2ccco2)n1. The Labute approximate surface area is 101 Å². The van der Waals surface area contributed by atoms with Crippen LogP contribution >= 0.6 is 15.9 Å². The number of nitrogens with zero attached hydrogens (tertiary/aromatic N) is 2. The first kappa shape index (κ1) is 10.9. The van der Waals surface area contributed by atoms with Crippen LogP contribution in [0.25, 0.3) is 0 Å². The highest BCUT2D eigenvalue weighted by atomic mass is 79.9. The molecular weight excluding hydrogens is 274 g/mol. The number of aryl methyl sites for hydroxylation is 1. The lowest BCUT2D eigenvalue weighted by molar-refractivity contribution is 0.0941. The first-order valence-electron chi connectivity index (χ1n) is 4.66. The van der Waals surface area contributed by atoms with Gasteiger partial charge in [0.25, 0.3) is 5.91 Å². The molecule has 5 nitrogen and oxygen atoms in total. The van der Waals surface area contributed by atoms with Crippen LogP contribution in [-0.4, -0.2) is 15.7 Å². The van der Waals surface area contributed by atoms with Crippen molar-refractivity contribution in [1.29, 1.82) is 0 Å². The predicted molar refractivity (Wildman–Crippen MR) is 60.8 cm³/mol. The molecule has 0 aliphatic carbocycles. The summed E-state index contributed by atoms with van der Waals surface area (Å²) in [6.07, 6.45) is 3.29. The molecule has 1 amide bonds. The number of amides is 1. The minimum Gasteiger partial charge on any atom is -0.467 e. The van der Waals surface area contributed by atoms with E-state index in [0.717, 1.165) is 0 Å². The van der Waals surface area contributed by atoms with Gasteiger partial charge in [0, 0.05) is 13.2 Å².